The Morgan fingerprint density at radius 2 is 1.83 bits per heavy atom. The maximum atomic E-state index is 12.9. The lowest BCUT2D eigenvalue weighted by atomic mass is 10.1. The summed E-state index contributed by atoms with van der Waals surface area (Å²) in [5.74, 6) is 0.157. The van der Waals surface area contributed by atoms with Crippen LogP contribution in [0.3, 0.4) is 0 Å². The fourth-order valence-electron chi connectivity index (χ4n) is 3.76. The van der Waals surface area contributed by atoms with Crippen molar-refractivity contribution in [2.24, 2.45) is 0 Å². The maximum Gasteiger partial charge on any atom is 0.254 e. The van der Waals surface area contributed by atoms with Crippen LogP contribution in [0.5, 0.6) is 0 Å². The van der Waals surface area contributed by atoms with Gasteiger partial charge in [-0.05, 0) is 63.4 Å². The SMILES string of the molecule is Cc1ccc(N)cc1C(=O)N1CCCC1CN1CCCCC1.Cl.Cl. The molecule has 1 amide bonds. The van der Waals surface area contributed by atoms with Crippen molar-refractivity contribution in [3.8, 4) is 0 Å². The van der Waals surface area contributed by atoms with Gasteiger partial charge in [-0.2, -0.15) is 0 Å². The Bertz CT molecular complexity index is 547. The highest BCUT2D eigenvalue weighted by atomic mass is 35.5. The first-order valence-electron chi connectivity index (χ1n) is 8.54. The molecule has 2 aliphatic rings. The average Bonchev–Trinajstić information content (AvgIpc) is 2.98. The van der Waals surface area contributed by atoms with Crippen LogP contribution in [-0.4, -0.2) is 47.9 Å². The molecule has 1 atom stereocenters. The molecule has 2 heterocycles. The van der Waals surface area contributed by atoms with Crippen LogP contribution in [0.1, 0.15) is 48.0 Å². The molecular weight excluding hydrogens is 345 g/mol. The smallest absolute Gasteiger partial charge is 0.254 e. The molecule has 2 N–H and O–H groups in total. The third-order valence-electron chi connectivity index (χ3n) is 5.05. The summed E-state index contributed by atoms with van der Waals surface area (Å²) in [5, 5.41) is 0. The number of piperidine rings is 1. The molecule has 6 heteroatoms. The number of halogens is 2. The van der Waals surface area contributed by atoms with Crippen LogP contribution in [0, 0.1) is 6.92 Å². The molecule has 0 aliphatic carbocycles. The lowest BCUT2D eigenvalue weighted by Gasteiger charge is -2.33. The summed E-state index contributed by atoms with van der Waals surface area (Å²) in [4.78, 5) is 17.5. The number of nitrogen functional groups attached to an aromatic ring is 1. The fraction of sp³-hybridized carbons (Fsp3) is 0.611. The van der Waals surface area contributed by atoms with Gasteiger partial charge in [0.15, 0.2) is 0 Å². The number of carbonyl (C=O) groups excluding carboxylic acids is 1. The number of hydrogen-bond acceptors (Lipinski definition) is 3. The number of nitrogens with two attached hydrogens (primary N) is 1. The van der Waals surface area contributed by atoms with Gasteiger partial charge in [-0.3, -0.25) is 4.79 Å². The van der Waals surface area contributed by atoms with Gasteiger partial charge < -0.3 is 15.5 Å². The highest BCUT2D eigenvalue weighted by Crippen LogP contribution is 2.24. The number of amides is 1. The Morgan fingerprint density at radius 3 is 2.54 bits per heavy atom. The minimum atomic E-state index is 0. The summed E-state index contributed by atoms with van der Waals surface area (Å²) >= 11 is 0. The first-order valence-corrected chi connectivity index (χ1v) is 8.54. The van der Waals surface area contributed by atoms with Crippen LogP contribution in [0.15, 0.2) is 18.2 Å². The van der Waals surface area contributed by atoms with Gasteiger partial charge in [-0.25, -0.2) is 0 Å². The molecule has 4 nitrogen and oxygen atoms in total. The topological polar surface area (TPSA) is 49.6 Å². The van der Waals surface area contributed by atoms with Gasteiger partial charge in [0.25, 0.3) is 5.91 Å². The lowest BCUT2D eigenvalue weighted by Crippen LogP contribution is -2.44. The number of likely N-dealkylation sites (tertiary alicyclic amines) is 2. The summed E-state index contributed by atoms with van der Waals surface area (Å²) in [5.41, 5.74) is 8.32. The fourth-order valence-corrected chi connectivity index (χ4v) is 3.76. The van der Waals surface area contributed by atoms with Gasteiger partial charge in [-0.15, -0.1) is 24.8 Å². The standard InChI is InChI=1S/C18H27N3O.2ClH/c1-14-7-8-15(19)12-17(14)18(22)21-11-5-6-16(21)13-20-9-3-2-4-10-20;;/h7-8,12,16H,2-6,9-11,13,19H2,1H3;2*1H. The highest BCUT2D eigenvalue weighted by Gasteiger charge is 2.31. The van der Waals surface area contributed by atoms with E-state index in [1.54, 1.807) is 0 Å². The lowest BCUT2D eigenvalue weighted by molar-refractivity contribution is 0.0689. The Kier molecular flexibility index (Phi) is 8.34. The summed E-state index contributed by atoms with van der Waals surface area (Å²) < 4.78 is 0. The molecule has 2 fully saturated rings. The number of nitrogens with zero attached hydrogens (tertiary/aromatic N) is 2. The quantitative estimate of drug-likeness (QED) is 0.824. The van der Waals surface area contributed by atoms with Crippen molar-refractivity contribution in [3.63, 3.8) is 0 Å². The molecule has 1 aromatic rings. The van der Waals surface area contributed by atoms with E-state index in [0.29, 0.717) is 11.7 Å². The summed E-state index contributed by atoms with van der Waals surface area (Å²) in [6.45, 7) is 6.28. The molecule has 0 bridgehead atoms. The van der Waals surface area contributed by atoms with Crippen molar-refractivity contribution >= 4 is 36.4 Å². The van der Waals surface area contributed by atoms with Crippen molar-refractivity contribution in [1.82, 2.24) is 9.80 Å². The second-order valence-corrected chi connectivity index (χ2v) is 6.73. The third kappa shape index (κ3) is 4.78. The summed E-state index contributed by atoms with van der Waals surface area (Å²) in [6, 6.07) is 6.00. The molecule has 0 spiro atoms. The number of anilines is 1. The molecule has 0 saturated carbocycles. The summed E-state index contributed by atoms with van der Waals surface area (Å²) in [6.07, 6.45) is 6.20. The molecule has 3 rings (SSSR count). The van der Waals surface area contributed by atoms with Crippen LogP contribution in [0.2, 0.25) is 0 Å². The first kappa shape index (κ1) is 21.1. The summed E-state index contributed by atoms with van der Waals surface area (Å²) in [7, 11) is 0. The van der Waals surface area contributed by atoms with Crippen LogP contribution in [-0.2, 0) is 0 Å². The Labute approximate surface area is 157 Å². The minimum absolute atomic E-state index is 0. The van der Waals surface area contributed by atoms with Gasteiger partial charge in [0, 0.05) is 30.4 Å². The van der Waals surface area contributed by atoms with E-state index in [9.17, 15) is 4.79 Å². The van der Waals surface area contributed by atoms with Crippen molar-refractivity contribution < 1.29 is 4.79 Å². The van der Waals surface area contributed by atoms with Crippen molar-refractivity contribution in [1.29, 1.82) is 0 Å². The van der Waals surface area contributed by atoms with Crippen LogP contribution in [0.4, 0.5) is 5.69 Å². The van der Waals surface area contributed by atoms with E-state index in [0.717, 1.165) is 37.1 Å². The monoisotopic (exact) mass is 373 g/mol. The predicted octanol–water partition coefficient (Wildman–Crippen LogP) is 3.51. The first-order chi connectivity index (χ1) is 10.6. The van der Waals surface area contributed by atoms with E-state index in [4.69, 9.17) is 5.73 Å². The van der Waals surface area contributed by atoms with Crippen LogP contribution >= 0.6 is 24.8 Å². The molecule has 136 valence electrons. The van der Waals surface area contributed by atoms with Crippen LogP contribution in [0.25, 0.3) is 0 Å². The molecule has 0 radical (unpaired) electrons. The Hall–Kier alpha value is -0.970. The van der Waals surface area contributed by atoms with Crippen molar-refractivity contribution in [2.45, 2.75) is 45.1 Å². The second-order valence-electron chi connectivity index (χ2n) is 6.73. The normalized spacial score (nSPS) is 21.0. The molecular formula is C18H29Cl2N3O. The second kappa shape index (κ2) is 9.50. The Morgan fingerprint density at radius 1 is 1.12 bits per heavy atom. The molecule has 24 heavy (non-hydrogen) atoms. The molecule has 1 aromatic carbocycles. The molecule has 1 unspecified atom stereocenters. The third-order valence-corrected chi connectivity index (χ3v) is 5.05. The van der Waals surface area contributed by atoms with Gasteiger partial charge in [-0.1, -0.05) is 12.5 Å². The van der Waals surface area contributed by atoms with Crippen LogP contribution < -0.4 is 5.73 Å². The minimum Gasteiger partial charge on any atom is -0.399 e. The number of hydrogen-bond donors (Lipinski definition) is 1. The van der Waals surface area contributed by atoms with E-state index in [-0.39, 0.29) is 30.7 Å². The molecule has 0 aromatic heterocycles. The van der Waals surface area contributed by atoms with Gasteiger partial charge >= 0.3 is 0 Å². The number of carbonyl (C=O) groups is 1. The van der Waals surface area contributed by atoms with E-state index in [1.165, 1.54) is 32.4 Å². The zero-order valence-corrected chi connectivity index (χ0v) is 16.0. The number of rotatable bonds is 3. The predicted molar refractivity (Wildman–Crippen MR) is 104 cm³/mol. The van der Waals surface area contributed by atoms with E-state index in [1.807, 2.05) is 25.1 Å². The molecule has 2 aliphatic heterocycles. The van der Waals surface area contributed by atoms with Gasteiger partial charge in [0.05, 0.1) is 0 Å². The van der Waals surface area contributed by atoms with Crippen molar-refractivity contribution in [3.05, 3.63) is 29.3 Å². The zero-order chi connectivity index (χ0) is 15.5. The van der Waals surface area contributed by atoms with E-state index in [2.05, 4.69) is 9.80 Å². The molecule has 2 saturated heterocycles. The zero-order valence-electron chi connectivity index (χ0n) is 14.4. The number of benzene rings is 1. The average molecular weight is 374 g/mol. The largest absolute Gasteiger partial charge is 0.399 e. The Balaban J connectivity index is 0.00000144. The number of aryl methyl sites for hydroxylation is 1. The van der Waals surface area contributed by atoms with Gasteiger partial charge in [0.2, 0.25) is 0 Å². The maximum absolute atomic E-state index is 12.9. The van der Waals surface area contributed by atoms with E-state index >= 15 is 0 Å². The highest BCUT2D eigenvalue weighted by molar-refractivity contribution is 5.96. The van der Waals surface area contributed by atoms with Crippen molar-refractivity contribution in [2.75, 3.05) is 31.9 Å². The van der Waals surface area contributed by atoms with E-state index < -0.39 is 0 Å². The van der Waals surface area contributed by atoms with Gasteiger partial charge in [0.1, 0.15) is 0 Å².